The molecule has 1 aliphatic heterocycles. The highest BCUT2D eigenvalue weighted by molar-refractivity contribution is 6.35. The van der Waals surface area contributed by atoms with Crippen LogP contribution < -0.4 is 5.56 Å². The fourth-order valence-corrected chi connectivity index (χ4v) is 3.56. The predicted octanol–water partition coefficient (Wildman–Crippen LogP) is 3.51. The zero-order valence-electron chi connectivity index (χ0n) is 12.6. The van der Waals surface area contributed by atoms with Crippen LogP contribution in [0.4, 0.5) is 0 Å². The van der Waals surface area contributed by atoms with E-state index in [1.807, 2.05) is 12.1 Å². The summed E-state index contributed by atoms with van der Waals surface area (Å²) in [6.07, 6.45) is 2.99. The van der Waals surface area contributed by atoms with Crippen LogP contribution in [0.5, 0.6) is 0 Å². The summed E-state index contributed by atoms with van der Waals surface area (Å²) in [4.78, 5) is 22.2. The first-order valence-corrected chi connectivity index (χ1v) is 8.64. The summed E-state index contributed by atoms with van der Waals surface area (Å²) in [5.41, 5.74) is 2.85. The number of nitrogens with one attached hydrogen (secondary N) is 1. The van der Waals surface area contributed by atoms with Crippen molar-refractivity contribution in [1.29, 1.82) is 0 Å². The summed E-state index contributed by atoms with van der Waals surface area (Å²) < 4.78 is 0. The molecule has 1 N–H and O–H groups in total. The van der Waals surface area contributed by atoms with E-state index in [4.69, 9.17) is 28.2 Å². The summed E-state index contributed by atoms with van der Waals surface area (Å²) in [7, 11) is 0. The van der Waals surface area contributed by atoms with E-state index in [0.29, 0.717) is 22.5 Å². The second kappa shape index (κ2) is 5.93. The fraction of sp³-hybridized carbons (Fsp3) is 0.412. The summed E-state index contributed by atoms with van der Waals surface area (Å²) in [6, 6.07) is 5.58. The molecule has 120 valence electrons. The van der Waals surface area contributed by atoms with E-state index in [2.05, 4.69) is 9.88 Å². The third-order valence-corrected chi connectivity index (χ3v) is 5.13. The van der Waals surface area contributed by atoms with Crippen LogP contribution in [-0.4, -0.2) is 21.4 Å². The van der Waals surface area contributed by atoms with E-state index in [0.717, 1.165) is 55.0 Å². The maximum absolute atomic E-state index is 12.2. The molecule has 1 aliphatic carbocycles. The molecule has 1 aromatic carbocycles. The zero-order valence-corrected chi connectivity index (χ0v) is 14.1. The molecular formula is C17H17Cl2N3O. The van der Waals surface area contributed by atoms with Gasteiger partial charge in [0.25, 0.3) is 5.56 Å². The molecule has 0 saturated heterocycles. The minimum Gasteiger partial charge on any atom is -0.310 e. The molecular weight excluding hydrogens is 333 g/mol. The van der Waals surface area contributed by atoms with Crippen LogP contribution in [0.1, 0.15) is 41.4 Å². The second-order valence-electron chi connectivity index (χ2n) is 6.35. The first-order valence-electron chi connectivity index (χ1n) is 7.88. The summed E-state index contributed by atoms with van der Waals surface area (Å²) >= 11 is 12.2. The number of H-pyrrole nitrogens is 1. The van der Waals surface area contributed by atoms with Gasteiger partial charge >= 0.3 is 0 Å². The molecule has 4 nitrogen and oxygen atoms in total. The van der Waals surface area contributed by atoms with Crippen LogP contribution in [0.3, 0.4) is 0 Å². The van der Waals surface area contributed by atoms with Crippen LogP contribution in [0.2, 0.25) is 10.0 Å². The van der Waals surface area contributed by atoms with Crippen LogP contribution in [0.25, 0.3) is 0 Å². The van der Waals surface area contributed by atoms with Crippen molar-refractivity contribution < 1.29 is 0 Å². The van der Waals surface area contributed by atoms with Crippen LogP contribution in [0.15, 0.2) is 23.0 Å². The minimum absolute atomic E-state index is 0.0427. The number of rotatable bonds is 3. The van der Waals surface area contributed by atoms with Crippen molar-refractivity contribution in [1.82, 2.24) is 14.9 Å². The van der Waals surface area contributed by atoms with Crippen LogP contribution in [-0.2, 0) is 19.5 Å². The monoisotopic (exact) mass is 349 g/mol. The maximum Gasteiger partial charge on any atom is 0.254 e. The van der Waals surface area contributed by atoms with Crippen molar-refractivity contribution >= 4 is 23.2 Å². The third-order valence-electron chi connectivity index (χ3n) is 4.54. The Morgan fingerprint density at radius 3 is 2.87 bits per heavy atom. The lowest BCUT2D eigenvalue weighted by Gasteiger charge is -2.28. The van der Waals surface area contributed by atoms with Gasteiger partial charge in [0, 0.05) is 41.2 Å². The van der Waals surface area contributed by atoms with Crippen molar-refractivity contribution in [3.63, 3.8) is 0 Å². The average molecular weight is 350 g/mol. The maximum atomic E-state index is 12.2. The van der Waals surface area contributed by atoms with Gasteiger partial charge < -0.3 is 4.98 Å². The Bertz CT molecular complexity index is 814. The summed E-state index contributed by atoms with van der Waals surface area (Å²) in [5, 5.41) is 1.32. The van der Waals surface area contributed by atoms with Gasteiger partial charge in [0.2, 0.25) is 0 Å². The standard InChI is InChI=1S/C17H17Cl2N3O/c18-12-4-3-11(14(19)7-12)8-22-6-5-13-15(9-22)20-16(10-1-2-10)21-17(13)23/h3-4,7,10H,1-2,5-6,8-9H2,(H,20,21,23). The van der Waals surface area contributed by atoms with Crippen LogP contribution in [0, 0.1) is 0 Å². The molecule has 2 aliphatic rings. The molecule has 0 radical (unpaired) electrons. The molecule has 4 rings (SSSR count). The molecule has 1 fully saturated rings. The number of aromatic nitrogens is 2. The van der Waals surface area contributed by atoms with Gasteiger partial charge in [-0.2, -0.15) is 0 Å². The number of fused-ring (bicyclic) bond motifs is 1. The van der Waals surface area contributed by atoms with Gasteiger partial charge in [-0.15, -0.1) is 0 Å². The van der Waals surface area contributed by atoms with Gasteiger partial charge in [0.15, 0.2) is 0 Å². The van der Waals surface area contributed by atoms with Crippen molar-refractivity contribution in [2.45, 2.75) is 38.3 Å². The highest BCUT2D eigenvalue weighted by Crippen LogP contribution is 2.38. The van der Waals surface area contributed by atoms with Crippen molar-refractivity contribution in [2.24, 2.45) is 0 Å². The molecule has 0 unspecified atom stereocenters. The first-order chi connectivity index (χ1) is 11.1. The Morgan fingerprint density at radius 1 is 1.30 bits per heavy atom. The van der Waals surface area contributed by atoms with Crippen LogP contribution >= 0.6 is 23.2 Å². The molecule has 23 heavy (non-hydrogen) atoms. The SMILES string of the molecule is O=c1[nH]c(C2CC2)nc2c1CCN(Cc1ccc(Cl)cc1Cl)C2. The number of hydrogen-bond donors (Lipinski definition) is 1. The predicted molar refractivity (Wildman–Crippen MR) is 91.1 cm³/mol. The quantitative estimate of drug-likeness (QED) is 0.922. The minimum atomic E-state index is 0.0427. The number of halogens is 2. The van der Waals surface area contributed by atoms with Gasteiger partial charge in [-0.1, -0.05) is 29.3 Å². The van der Waals surface area contributed by atoms with E-state index >= 15 is 0 Å². The van der Waals surface area contributed by atoms with Crippen molar-refractivity contribution in [3.05, 3.63) is 61.2 Å². The molecule has 1 aromatic heterocycles. The van der Waals surface area contributed by atoms with E-state index < -0.39 is 0 Å². The lowest BCUT2D eigenvalue weighted by Crippen LogP contribution is -2.35. The smallest absolute Gasteiger partial charge is 0.254 e. The summed E-state index contributed by atoms with van der Waals surface area (Å²) in [6.45, 7) is 2.26. The van der Waals surface area contributed by atoms with E-state index in [1.54, 1.807) is 6.07 Å². The molecule has 0 spiro atoms. The fourth-order valence-electron chi connectivity index (χ4n) is 3.09. The highest BCUT2D eigenvalue weighted by atomic mass is 35.5. The molecule has 0 amide bonds. The number of hydrogen-bond acceptors (Lipinski definition) is 3. The van der Waals surface area contributed by atoms with Crippen molar-refractivity contribution in [3.8, 4) is 0 Å². The van der Waals surface area contributed by atoms with Gasteiger partial charge in [-0.3, -0.25) is 9.69 Å². The van der Waals surface area contributed by atoms with Gasteiger partial charge in [-0.05, 0) is 37.0 Å². The third kappa shape index (κ3) is 3.16. The number of aromatic amines is 1. The number of nitrogens with zero attached hydrogens (tertiary/aromatic N) is 2. The lowest BCUT2D eigenvalue weighted by atomic mass is 10.1. The van der Waals surface area contributed by atoms with E-state index in [9.17, 15) is 4.79 Å². The molecule has 0 bridgehead atoms. The Morgan fingerprint density at radius 2 is 2.13 bits per heavy atom. The normalized spacial score (nSPS) is 18.0. The number of benzene rings is 1. The zero-order chi connectivity index (χ0) is 16.0. The molecule has 6 heteroatoms. The topological polar surface area (TPSA) is 49.0 Å². The Labute approximate surface area is 144 Å². The molecule has 0 atom stereocenters. The van der Waals surface area contributed by atoms with E-state index in [1.165, 1.54) is 0 Å². The molecule has 1 saturated carbocycles. The first kappa shape index (κ1) is 15.2. The van der Waals surface area contributed by atoms with Gasteiger partial charge in [0.1, 0.15) is 5.82 Å². The molecule has 2 heterocycles. The molecule has 2 aromatic rings. The average Bonchev–Trinajstić information content (AvgIpc) is 3.34. The summed E-state index contributed by atoms with van der Waals surface area (Å²) in [5.74, 6) is 1.31. The largest absolute Gasteiger partial charge is 0.310 e. The van der Waals surface area contributed by atoms with Gasteiger partial charge in [-0.25, -0.2) is 4.98 Å². The highest BCUT2D eigenvalue weighted by Gasteiger charge is 2.29. The van der Waals surface area contributed by atoms with E-state index in [-0.39, 0.29) is 5.56 Å². The van der Waals surface area contributed by atoms with Gasteiger partial charge in [0.05, 0.1) is 5.69 Å². The Balaban J connectivity index is 1.57. The second-order valence-corrected chi connectivity index (χ2v) is 7.19. The Hall–Kier alpha value is -1.36. The van der Waals surface area contributed by atoms with Crippen molar-refractivity contribution in [2.75, 3.05) is 6.54 Å². The Kier molecular flexibility index (Phi) is 3.92. The lowest BCUT2D eigenvalue weighted by molar-refractivity contribution is 0.240.